The van der Waals surface area contributed by atoms with Crippen LogP contribution in [0.4, 0.5) is 0 Å². The van der Waals surface area contributed by atoms with Crippen molar-refractivity contribution in [2.24, 2.45) is 5.41 Å². The average Bonchev–Trinajstić information content (AvgIpc) is 3.01. The minimum Gasteiger partial charge on any atom is -0.457 e. The van der Waals surface area contributed by atoms with E-state index in [2.05, 4.69) is 40.4 Å². The van der Waals surface area contributed by atoms with Gasteiger partial charge in [-0.25, -0.2) is 4.79 Å². The van der Waals surface area contributed by atoms with Crippen molar-refractivity contribution < 1.29 is 33.0 Å². The largest absolute Gasteiger partial charge is 0.457 e. The Hall–Kier alpha value is -1.22. The number of ether oxygens (including phenoxy) is 4. The molecule has 0 aromatic rings. The van der Waals surface area contributed by atoms with Gasteiger partial charge in [0, 0.05) is 6.92 Å². The molecule has 0 N–H and O–H groups in total. The van der Waals surface area contributed by atoms with Gasteiger partial charge in [0.05, 0.1) is 11.7 Å². The number of esters is 2. The maximum absolute atomic E-state index is 12.9. The SMILES string of the molecule is C=C(C(=O)OC(C)(C)C)C(OC(C)=O)C1OC(CC)(CC)OC1C(O[SiH](C)C)C(C)(C)C. The number of carbonyl (C=O) groups is 2. The third-order valence-electron chi connectivity index (χ3n) is 5.27. The quantitative estimate of drug-likeness (QED) is 0.277. The Kier molecular flexibility index (Phi) is 9.73. The van der Waals surface area contributed by atoms with E-state index in [-0.39, 0.29) is 17.1 Å². The summed E-state index contributed by atoms with van der Waals surface area (Å²) in [6, 6.07) is 0. The zero-order valence-corrected chi connectivity index (χ0v) is 23.0. The van der Waals surface area contributed by atoms with E-state index in [9.17, 15) is 9.59 Å². The van der Waals surface area contributed by atoms with E-state index in [1.54, 1.807) is 20.8 Å². The van der Waals surface area contributed by atoms with Crippen molar-refractivity contribution in [2.45, 2.75) is 124 Å². The molecule has 186 valence electrons. The summed E-state index contributed by atoms with van der Waals surface area (Å²) in [7, 11) is -1.46. The second-order valence-electron chi connectivity index (χ2n) is 10.8. The Morgan fingerprint density at radius 2 is 1.53 bits per heavy atom. The summed E-state index contributed by atoms with van der Waals surface area (Å²) in [5.74, 6) is -2.05. The second kappa shape index (κ2) is 10.8. The molecule has 1 saturated heterocycles. The van der Waals surface area contributed by atoms with Crippen molar-refractivity contribution >= 4 is 21.0 Å². The Morgan fingerprint density at radius 3 is 1.91 bits per heavy atom. The molecule has 1 fully saturated rings. The lowest BCUT2D eigenvalue weighted by atomic mass is 9.82. The summed E-state index contributed by atoms with van der Waals surface area (Å²) in [5.41, 5.74) is -0.981. The molecule has 1 aliphatic heterocycles. The Labute approximate surface area is 195 Å². The first kappa shape index (κ1) is 28.8. The van der Waals surface area contributed by atoms with E-state index in [0.29, 0.717) is 12.8 Å². The van der Waals surface area contributed by atoms with Crippen LogP contribution in [-0.2, 0) is 33.0 Å². The fraction of sp³-hybridized carbons (Fsp3) is 0.833. The highest BCUT2D eigenvalue weighted by molar-refractivity contribution is 6.48. The Balaban J connectivity index is 3.50. The maximum atomic E-state index is 12.9. The molecule has 0 spiro atoms. The summed E-state index contributed by atoms with van der Waals surface area (Å²) in [5, 5.41) is 0. The summed E-state index contributed by atoms with van der Waals surface area (Å²) in [6.07, 6.45) is -1.53. The lowest BCUT2D eigenvalue weighted by molar-refractivity contribution is -0.195. The molecule has 0 aromatic heterocycles. The first-order valence-electron chi connectivity index (χ1n) is 11.6. The van der Waals surface area contributed by atoms with Gasteiger partial charge in [-0.05, 0) is 52.1 Å². The van der Waals surface area contributed by atoms with Gasteiger partial charge in [-0.2, -0.15) is 0 Å². The molecule has 1 aliphatic rings. The molecule has 1 rings (SSSR count). The van der Waals surface area contributed by atoms with Crippen molar-refractivity contribution in [1.29, 1.82) is 0 Å². The molecular weight excluding hydrogens is 428 g/mol. The first-order chi connectivity index (χ1) is 14.5. The van der Waals surface area contributed by atoms with Gasteiger partial charge in [0.1, 0.15) is 17.8 Å². The topological polar surface area (TPSA) is 80.3 Å². The van der Waals surface area contributed by atoms with Gasteiger partial charge < -0.3 is 23.4 Å². The van der Waals surface area contributed by atoms with Gasteiger partial charge in [-0.1, -0.05) is 41.2 Å². The Morgan fingerprint density at radius 1 is 1.03 bits per heavy atom. The van der Waals surface area contributed by atoms with Crippen LogP contribution in [-0.4, -0.2) is 56.8 Å². The first-order valence-corrected chi connectivity index (χ1v) is 14.3. The van der Waals surface area contributed by atoms with E-state index in [1.807, 2.05) is 13.8 Å². The highest BCUT2D eigenvalue weighted by Gasteiger charge is 2.56. The summed E-state index contributed by atoms with van der Waals surface area (Å²) in [6.45, 7) is 24.9. The summed E-state index contributed by atoms with van der Waals surface area (Å²) >= 11 is 0. The van der Waals surface area contributed by atoms with Gasteiger partial charge in [-0.3, -0.25) is 4.79 Å². The van der Waals surface area contributed by atoms with E-state index in [1.165, 1.54) is 6.92 Å². The van der Waals surface area contributed by atoms with Gasteiger partial charge in [0.25, 0.3) is 0 Å². The highest BCUT2D eigenvalue weighted by atomic mass is 28.3. The molecule has 7 nitrogen and oxygen atoms in total. The zero-order chi connectivity index (χ0) is 25.1. The van der Waals surface area contributed by atoms with Gasteiger partial charge in [0.2, 0.25) is 0 Å². The van der Waals surface area contributed by atoms with Crippen LogP contribution < -0.4 is 0 Å². The number of hydrogen-bond acceptors (Lipinski definition) is 7. The average molecular weight is 473 g/mol. The molecule has 4 atom stereocenters. The van der Waals surface area contributed by atoms with Crippen molar-refractivity contribution in [3.8, 4) is 0 Å². The molecule has 1 heterocycles. The van der Waals surface area contributed by atoms with Crippen molar-refractivity contribution in [3.05, 3.63) is 12.2 Å². The normalized spacial score (nSPS) is 23.0. The van der Waals surface area contributed by atoms with Crippen molar-refractivity contribution in [3.63, 3.8) is 0 Å². The molecule has 32 heavy (non-hydrogen) atoms. The molecule has 8 heteroatoms. The lowest BCUT2D eigenvalue weighted by Crippen LogP contribution is -2.52. The second-order valence-corrected chi connectivity index (χ2v) is 13.2. The molecule has 0 bridgehead atoms. The maximum Gasteiger partial charge on any atom is 0.337 e. The van der Waals surface area contributed by atoms with Gasteiger partial charge in [-0.15, -0.1) is 0 Å². The number of rotatable bonds is 9. The van der Waals surface area contributed by atoms with Crippen LogP contribution in [0.3, 0.4) is 0 Å². The molecule has 4 unspecified atom stereocenters. The molecule has 0 aliphatic carbocycles. The van der Waals surface area contributed by atoms with Crippen LogP contribution >= 0.6 is 0 Å². The van der Waals surface area contributed by atoms with Crippen molar-refractivity contribution in [2.75, 3.05) is 0 Å². The van der Waals surface area contributed by atoms with Crippen LogP contribution in [0, 0.1) is 5.41 Å². The van der Waals surface area contributed by atoms with Crippen LogP contribution in [0.25, 0.3) is 0 Å². The molecule has 0 amide bonds. The minimum atomic E-state index is -1.46. The van der Waals surface area contributed by atoms with Crippen LogP contribution in [0.5, 0.6) is 0 Å². The monoisotopic (exact) mass is 472 g/mol. The minimum absolute atomic E-state index is 0.0196. The third kappa shape index (κ3) is 7.68. The predicted octanol–water partition coefficient (Wildman–Crippen LogP) is 4.53. The molecular formula is C24H44O7Si. The molecule has 0 aromatic carbocycles. The van der Waals surface area contributed by atoms with Crippen LogP contribution in [0.15, 0.2) is 12.2 Å². The van der Waals surface area contributed by atoms with E-state index in [0.717, 1.165) is 0 Å². The fourth-order valence-electron chi connectivity index (χ4n) is 3.75. The highest BCUT2D eigenvalue weighted by Crippen LogP contribution is 2.43. The smallest absolute Gasteiger partial charge is 0.337 e. The zero-order valence-electron chi connectivity index (χ0n) is 21.9. The number of carbonyl (C=O) groups excluding carboxylic acids is 2. The lowest BCUT2D eigenvalue weighted by Gasteiger charge is -2.39. The molecule has 0 radical (unpaired) electrons. The third-order valence-corrected chi connectivity index (χ3v) is 6.11. The standard InChI is InChI=1S/C24H44O7Si/c1-13-24(14-2)28-18(19(29-24)20(22(5,6)7)31-32(11)12)17(27-16(4)25)15(3)21(26)30-23(8,9)10/h17-20,32H,3,13-14H2,1-2,4-12H3. The van der Waals surface area contributed by atoms with Crippen LogP contribution in [0.2, 0.25) is 13.1 Å². The summed E-state index contributed by atoms with van der Waals surface area (Å²) in [4.78, 5) is 24.9. The van der Waals surface area contributed by atoms with Crippen molar-refractivity contribution in [1.82, 2.24) is 0 Å². The molecule has 0 saturated carbocycles. The predicted molar refractivity (Wildman–Crippen MR) is 127 cm³/mol. The van der Waals surface area contributed by atoms with E-state index in [4.69, 9.17) is 23.4 Å². The van der Waals surface area contributed by atoms with E-state index < -0.39 is 50.7 Å². The van der Waals surface area contributed by atoms with Gasteiger partial charge >= 0.3 is 11.9 Å². The fourth-order valence-corrected chi connectivity index (χ4v) is 4.90. The van der Waals surface area contributed by atoms with Gasteiger partial charge in [0.15, 0.2) is 20.9 Å². The Bertz CT molecular complexity index is 671. The summed E-state index contributed by atoms with van der Waals surface area (Å²) < 4.78 is 30.5. The van der Waals surface area contributed by atoms with Crippen LogP contribution in [0.1, 0.15) is 75.2 Å². The number of hydrogen-bond donors (Lipinski definition) is 0. The van der Waals surface area contributed by atoms with E-state index >= 15 is 0 Å².